The van der Waals surface area contributed by atoms with E-state index < -0.39 is 0 Å². The number of hydrogen-bond acceptors (Lipinski definition) is 2. The van der Waals surface area contributed by atoms with E-state index in [1.807, 2.05) is 27.7 Å². The van der Waals surface area contributed by atoms with Crippen LogP contribution in [-0.4, -0.2) is 24.5 Å². The topological polar surface area (TPSA) is 24.7 Å². The van der Waals surface area contributed by atoms with Crippen molar-refractivity contribution in [2.45, 2.75) is 39.8 Å². The second kappa shape index (κ2) is 5.15. The third kappa shape index (κ3) is 7.34. The molecule has 0 unspecified atom stereocenters. The Labute approximate surface area is 63.1 Å². The standard InChI is InChI=1S/C8H16N2/c1-7(2)9-5-6-10-8(3)4/h5-8H,1-4H3/b9-5+,10-6+. The number of nitrogens with zero attached hydrogens (tertiary/aromatic N) is 2. The molecule has 0 saturated heterocycles. The van der Waals surface area contributed by atoms with Crippen molar-refractivity contribution in [1.29, 1.82) is 0 Å². The van der Waals surface area contributed by atoms with Crippen molar-refractivity contribution in [3.8, 4) is 0 Å². The van der Waals surface area contributed by atoms with Crippen LogP contribution in [0.2, 0.25) is 0 Å². The average Bonchev–Trinajstić information content (AvgIpc) is 1.79. The summed E-state index contributed by atoms with van der Waals surface area (Å²) >= 11 is 0. The van der Waals surface area contributed by atoms with E-state index in [1.54, 1.807) is 12.4 Å². The zero-order chi connectivity index (χ0) is 7.98. The van der Waals surface area contributed by atoms with Crippen molar-refractivity contribution in [2.24, 2.45) is 9.98 Å². The molecule has 0 aromatic carbocycles. The zero-order valence-electron chi connectivity index (χ0n) is 7.20. The molecule has 10 heavy (non-hydrogen) atoms. The van der Waals surface area contributed by atoms with Gasteiger partial charge in [0, 0.05) is 24.5 Å². The highest BCUT2D eigenvalue weighted by Gasteiger charge is 1.82. The summed E-state index contributed by atoms with van der Waals surface area (Å²) in [6, 6.07) is 0.747. The van der Waals surface area contributed by atoms with E-state index in [0.29, 0.717) is 12.1 Å². The van der Waals surface area contributed by atoms with Crippen molar-refractivity contribution in [3.05, 3.63) is 0 Å². The molecule has 0 aliphatic carbocycles. The van der Waals surface area contributed by atoms with E-state index in [9.17, 15) is 0 Å². The van der Waals surface area contributed by atoms with Gasteiger partial charge in [-0.15, -0.1) is 0 Å². The Morgan fingerprint density at radius 1 is 0.800 bits per heavy atom. The molecule has 0 heterocycles. The Kier molecular flexibility index (Phi) is 4.81. The summed E-state index contributed by atoms with van der Waals surface area (Å²) in [7, 11) is 0. The van der Waals surface area contributed by atoms with Crippen LogP contribution in [-0.2, 0) is 0 Å². The van der Waals surface area contributed by atoms with Crippen molar-refractivity contribution < 1.29 is 0 Å². The van der Waals surface area contributed by atoms with Gasteiger partial charge in [0.2, 0.25) is 0 Å². The highest BCUT2D eigenvalue weighted by atomic mass is 14.8. The van der Waals surface area contributed by atoms with Crippen LogP contribution in [0.25, 0.3) is 0 Å². The van der Waals surface area contributed by atoms with Crippen LogP contribution in [0.1, 0.15) is 27.7 Å². The molecule has 0 aliphatic rings. The Morgan fingerprint density at radius 2 is 1.10 bits per heavy atom. The Hall–Kier alpha value is -0.660. The predicted molar refractivity (Wildman–Crippen MR) is 47.3 cm³/mol. The molecule has 0 N–H and O–H groups in total. The number of hydrogen-bond donors (Lipinski definition) is 0. The molecule has 0 aromatic rings. The quantitative estimate of drug-likeness (QED) is 0.535. The van der Waals surface area contributed by atoms with Gasteiger partial charge >= 0.3 is 0 Å². The second-order valence-electron chi connectivity index (χ2n) is 2.78. The summed E-state index contributed by atoms with van der Waals surface area (Å²) in [5.41, 5.74) is 0. The van der Waals surface area contributed by atoms with Gasteiger partial charge in [0.25, 0.3) is 0 Å². The summed E-state index contributed by atoms with van der Waals surface area (Å²) in [5, 5.41) is 0. The van der Waals surface area contributed by atoms with Gasteiger partial charge < -0.3 is 0 Å². The second-order valence-corrected chi connectivity index (χ2v) is 2.78. The van der Waals surface area contributed by atoms with Crippen molar-refractivity contribution in [1.82, 2.24) is 0 Å². The summed E-state index contributed by atoms with van der Waals surface area (Å²) in [4.78, 5) is 8.24. The first-order chi connectivity index (χ1) is 4.63. The molecule has 0 amide bonds. The lowest BCUT2D eigenvalue weighted by Crippen LogP contribution is -1.92. The van der Waals surface area contributed by atoms with Gasteiger partial charge in [-0.25, -0.2) is 0 Å². The maximum Gasteiger partial charge on any atom is 0.0443 e. The van der Waals surface area contributed by atoms with E-state index in [4.69, 9.17) is 0 Å². The van der Waals surface area contributed by atoms with E-state index in [1.165, 1.54) is 0 Å². The van der Waals surface area contributed by atoms with Crippen LogP contribution in [0, 0.1) is 0 Å². The lowest BCUT2D eigenvalue weighted by atomic mass is 10.4. The molecule has 2 nitrogen and oxygen atoms in total. The van der Waals surface area contributed by atoms with Crippen molar-refractivity contribution in [2.75, 3.05) is 0 Å². The first-order valence-corrected chi connectivity index (χ1v) is 3.68. The van der Waals surface area contributed by atoms with Gasteiger partial charge in [0.15, 0.2) is 0 Å². The largest absolute Gasteiger partial charge is 0.289 e. The van der Waals surface area contributed by atoms with Gasteiger partial charge in [-0.3, -0.25) is 9.98 Å². The summed E-state index contributed by atoms with van der Waals surface area (Å²) in [5.74, 6) is 0. The predicted octanol–water partition coefficient (Wildman–Crippen LogP) is 1.94. The highest BCUT2D eigenvalue weighted by molar-refractivity contribution is 6.16. The van der Waals surface area contributed by atoms with Crippen LogP contribution in [0.15, 0.2) is 9.98 Å². The number of aliphatic imine (C=N–C) groups is 2. The van der Waals surface area contributed by atoms with E-state index in [2.05, 4.69) is 9.98 Å². The van der Waals surface area contributed by atoms with Crippen molar-refractivity contribution >= 4 is 12.4 Å². The van der Waals surface area contributed by atoms with Gasteiger partial charge in [-0.2, -0.15) is 0 Å². The molecule has 58 valence electrons. The molecular weight excluding hydrogens is 124 g/mol. The minimum absolute atomic E-state index is 0.374. The molecule has 0 saturated carbocycles. The molecular formula is C8H16N2. The summed E-state index contributed by atoms with van der Waals surface area (Å²) < 4.78 is 0. The fourth-order valence-corrected chi connectivity index (χ4v) is 0.421. The monoisotopic (exact) mass is 140 g/mol. The van der Waals surface area contributed by atoms with E-state index in [-0.39, 0.29) is 0 Å². The summed E-state index contributed by atoms with van der Waals surface area (Å²) in [6.45, 7) is 8.17. The Morgan fingerprint density at radius 3 is 1.30 bits per heavy atom. The van der Waals surface area contributed by atoms with Gasteiger partial charge in [0.1, 0.15) is 0 Å². The smallest absolute Gasteiger partial charge is 0.0443 e. The van der Waals surface area contributed by atoms with Crippen LogP contribution < -0.4 is 0 Å². The normalized spacial score (nSPS) is 13.0. The molecule has 0 aromatic heterocycles. The lowest BCUT2D eigenvalue weighted by Gasteiger charge is -1.92. The van der Waals surface area contributed by atoms with Crippen LogP contribution in [0.3, 0.4) is 0 Å². The molecule has 0 radical (unpaired) electrons. The first-order valence-electron chi connectivity index (χ1n) is 3.68. The fourth-order valence-electron chi connectivity index (χ4n) is 0.421. The third-order valence-corrected chi connectivity index (χ3v) is 0.835. The third-order valence-electron chi connectivity index (χ3n) is 0.835. The SMILES string of the molecule is CC(C)/N=C/C=N/C(C)C. The van der Waals surface area contributed by atoms with Crippen LogP contribution in [0.5, 0.6) is 0 Å². The average molecular weight is 140 g/mol. The van der Waals surface area contributed by atoms with Crippen LogP contribution in [0.4, 0.5) is 0 Å². The van der Waals surface area contributed by atoms with Gasteiger partial charge in [-0.05, 0) is 27.7 Å². The molecule has 0 fully saturated rings. The molecule has 0 bridgehead atoms. The minimum Gasteiger partial charge on any atom is -0.289 e. The maximum absolute atomic E-state index is 4.12. The van der Waals surface area contributed by atoms with Crippen LogP contribution >= 0.6 is 0 Å². The highest BCUT2D eigenvalue weighted by Crippen LogP contribution is 1.83. The number of rotatable bonds is 3. The van der Waals surface area contributed by atoms with E-state index in [0.717, 1.165) is 0 Å². The molecule has 2 heteroatoms. The molecule has 0 spiro atoms. The first kappa shape index (κ1) is 9.34. The summed E-state index contributed by atoms with van der Waals surface area (Å²) in [6.07, 6.45) is 3.51. The van der Waals surface area contributed by atoms with E-state index >= 15 is 0 Å². The van der Waals surface area contributed by atoms with Crippen molar-refractivity contribution in [3.63, 3.8) is 0 Å². The molecule has 0 rings (SSSR count). The molecule has 0 atom stereocenters. The Balaban J connectivity index is 3.52. The van der Waals surface area contributed by atoms with Gasteiger partial charge in [-0.1, -0.05) is 0 Å². The zero-order valence-corrected chi connectivity index (χ0v) is 7.20. The van der Waals surface area contributed by atoms with Gasteiger partial charge in [0.05, 0.1) is 0 Å². The maximum atomic E-state index is 4.12. The minimum atomic E-state index is 0.374. The molecule has 0 aliphatic heterocycles. The lowest BCUT2D eigenvalue weighted by molar-refractivity contribution is 0.836. The fraction of sp³-hybridized carbons (Fsp3) is 0.750. The Bertz CT molecular complexity index is 107.